The third-order valence-electron chi connectivity index (χ3n) is 3.68. The summed E-state index contributed by atoms with van der Waals surface area (Å²) in [5.41, 5.74) is 1.96. The van der Waals surface area contributed by atoms with Gasteiger partial charge in [-0.1, -0.05) is 18.2 Å². The monoisotopic (exact) mass is 276 g/mol. The number of ether oxygens (including phenoxy) is 1. The lowest BCUT2D eigenvalue weighted by molar-refractivity contribution is 0.0679. The van der Waals surface area contributed by atoms with Gasteiger partial charge in [-0.3, -0.25) is 4.79 Å². The minimum absolute atomic E-state index is 0.149. The number of nitrogens with zero attached hydrogens (tertiary/aromatic N) is 1. The van der Waals surface area contributed by atoms with Crippen LogP contribution in [-0.4, -0.2) is 50.7 Å². The van der Waals surface area contributed by atoms with E-state index in [0.29, 0.717) is 19.2 Å². The molecule has 0 spiro atoms. The van der Waals surface area contributed by atoms with Crippen LogP contribution in [0.5, 0.6) is 0 Å². The molecule has 1 N–H and O–H groups in total. The van der Waals surface area contributed by atoms with E-state index in [2.05, 4.69) is 5.32 Å². The summed E-state index contributed by atoms with van der Waals surface area (Å²) in [5.74, 6) is 0.149. The van der Waals surface area contributed by atoms with Crippen LogP contribution in [0.3, 0.4) is 0 Å². The number of hydrogen-bond donors (Lipinski definition) is 1. The van der Waals surface area contributed by atoms with Gasteiger partial charge in [0.2, 0.25) is 0 Å². The van der Waals surface area contributed by atoms with Crippen molar-refractivity contribution in [1.82, 2.24) is 10.2 Å². The van der Waals surface area contributed by atoms with Gasteiger partial charge in [0.25, 0.3) is 5.91 Å². The summed E-state index contributed by atoms with van der Waals surface area (Å²) in [6.45, 7) is 2.16. The van der Waals surface area contributed by atoms with Gasteiger partial charge in [-0.25, -0.2) is 0 Å². The van der Waals surface area contributed by atoms with Crippen molar-refractivity contribution < 1.29 is 9.53 Å². The van der Waals surface area contributed by atoms with Gasteiger partial charge in [-0.15, -0.1) is 0 Å². The highest BCUT2D eigenvalue weighted by atomic mass is 16.5. The molecule has 1 aliphatic carbocycles. The highest BCUT2D eigenvalue weighted by Crippen LogP contribution is 2.28. The molecule has 0 unspecified atom stereocenters. The molecule has 1 aliphatic rings. The lowest BCUT2D eigenvalue weighted by Gasteiger charge is -2.23. The predicted molar refractivity (Wildman–Crippen MR) is 80.0 cm³/mol. The third-order valence-corrected chi connectivity index (χ3v) is 3.68. The molecule has 4 nitrogen and oxygen atoms in total. The molecule has 1 aromatic carbocycles. The normalized spacial score (nSPS) is 14.3. The molecule has 1 amide bonds. The van der Waals surface area contributed by atoms with Crippen LogP contribution in [0, 0.1) is 0 Å². The standard InChI is InChI=1S/C16H24N2O2/c1-17-10-9-13-5-3-4-6-15(13)16(19)18(11-12-20-2)14-7-8-14/h3-6,14,17H,7-12H2,1-2H3. The number of amides is 1. The fourth-order valence-corrected chi connectivity index (χ4v) is 2.39. The van der Waals surface area contributed by atoms with Crippen molar-refractivity contribution in [2.45, 2.75) is 25.3 Å². The van der Waals surface area contributed by atoms with E-state index in [1.807, 2.05) is 36.2 Å². The number of carbonyl (C=O) groups excluding carboxylic acids is 1. The molecule has 1 saturated carbocycles. The van der Waals surface area contributed by atoms with Crippen LogP contribution in [0.25, 0.3) is 0 Å². The first kappa shape index (κ1) is 15.0. The quantitative estimate of drug-likeness (QED) is 0.786. The van der Waals surface area contributed by atoms with Crippen molar-refractivity contribution >= 4 is 5.91 Å². The van der Waals surface area contributed by atoms with Crippen LogP contribution in [0.2, 0.25) is 0 Å². The Balaban J connectivity index is 2.13. The molecular weight excluding hydrogens is 252 g/mol. The number of likely N-dealkylation sites (N-methyl/N-ethyl adjacent to an activating group) is 1. The van der Waals surface area contributed by atoms with Crippen molar-refractivity contribution in [3.63, 3.8) is 0 Å². The fraction of sp³-hybridized carbons (Fsp3) is 0.562. The first-order valence-electron chi connectivity index (χ1n) is 7.30. The second kappa shape index (κ2) is 7.41. The molecule has 0 saturated heterocycles. The average Bonchev–Trinajstić information content (AvgIpc) is 3.30. The van der Waals surface area contributed by atoms with Crippen molar-refractivity contribution in [3.8, 4) is 0 Å². The van der Waals surface area contributed by atoms with Gasteiger partial charge < -0.3 is 15.0 Å². The summed E-state index contributed by atoms with van der Waals surface area (Å²) in [6, 6.07) is 8.34. The Hall–Kier alpha value is -1.39. The Morgan fingerprint density at radius 1 is 1.40 bits per heavy atom. The van der Waals surface area contributed by atoms with Crippen molar-refractivity contribution in [2.75, 3.05) is 33.9 Å². The zero-order chi connectivity index (χ0) is 14.4. The van der Waals surface area contributed by atoms with E-state index in [0.717, 1.165) is 36.9 Å². The summed E-state index contributed by atoms with van der Waals surface area (Å²) in [6.07, 6.45) is 3.11. The molecule has 1 aromatic rings. The molecule has 110 valence electrons. The zero-order valence-electron chi connectivity index (χ0n) is 12.4. The molecule has 0 aliphatic heterocycles. The first-order valence-corrected chi connectivity index (χ1v) is 7.30. The second-order valence-electron chi connectivity index (χ2n) is 5.23. The molecule has 0 heterocycles. The molecule has 0 aromatic heterocycles. The first-order chi connectivity index (χ1) is 9.77. The lowest BCUT2D eigenvalue weighted by Crippen LogP contribution is -2.36. The Labute approximate surface area is 121 Å². The van der Waals surface area contributed by atoms with Crippen LogP contribution < -0.4 is 5.32 Å². The van der Waals surface area contributed by atoms with E-state index >= 15 is 0 Å². The number of rotatable bonds is 8. The van der Waals surface area contributed by atoms with Crippen LogP contribution in [0.15, 0.2) is 24.3 Å². The minimum Gasteiger partial charge on any atom is -0.383 e. The SMILES string of the molecule is CNCCc1ccccc1C(=O)N(CCOC)C1CC1. The lowest BCUT2D eigenvalue weighted by atomic mass is 10.0. The highest BCUT2D eigenvalue weighted by molar-refractivity contribution is 5.96. The van der Waals surface area contributed by atoms with Gasteiger partial charge in [0.15, 0.2) is 0 Å². The number of methoxy groups -OCH3 is 1. The molecule has 0 atom stereocenters. The zero-order valence-corrected chi connectivity index (χ0v) is 12.4. The average molecular weight is 276 g/mol. The van der Waals surface area contributed by atoms with Crippen LogP contribution in [-0.2, 0) is 11.2 Å². The van der Waals surface area contributed by atoms with E-state index in [-0.39, 0.29) is 5.91 Å². The highest BCUT2D eigenvalue weighted by Gasteiger charge is 2.33. The second-order valence-corrected chi connectivity index (χ2v) is 5.23. The maximum Gasteiger partial charge on any atom is 0.254 e. The number of benzene rings is 1. The van der Waals surface area contributed by atoms with Crippen molar-refractivity contribution in [3.05, 3.63) is 35.4 Å². The minimum atomic E-state index is 0.149. The smallest absolute Gasteiger partial charge is 0.254 e. The Morgan fingerprint density at radius 2 is 2.15 bits per heavy atom. The molecule has 20 heavy (non-hydrogen) atoms. The summed E-state index contributed by atoms with van der Waals surface area (Å²) in [7, 11) is 3.61. The molecule has 1 fully saturated rings. The topological polar surface area (TPSA) is 41.6 Å². The van der Waals surface area contributed by atoms with Gasteiger partial charge in [0.05, 0.1) is 6.61 Å². The van der Waals surface area contributed by atoms with E-state index in [4.69, 9.17) is 4.74 Å². The molecule has 4 heteroatoms. The van der Waals surface area contributed by atoms with Gasteiger partial charge in [0, 0.05) is 25.3 Å². The number of nitrogens with one attached hydrogen (secondary N) is 1. The third kappa shape index (κ3) is 3.81. The summed E-state index contributed by atoms with van der Waals surface area (Å²) in [5, 5.41) is 3.14. The predicted octanol–water partition coefficient (Wildman–Crippen LogP) is 1.70. The fourth-order valence-electron chi connectivity index (χ4n) is 2.39. The summed E-state index contributed by atoms with van der Waals surface area (Å²) in [4.78, 5) is 14.7. The van der Waals surface area contributed by atoms with Gasteiger partial charge in [-0.05, 0) is 44.5 Å². The van der Waals surface area contributed by atoms with Crippen LogP contribution >= 0.6 is 0 Å². The van der Waals surface area contributed by atoms with Crippen LogP contribution in [0.4, 0.5) is 0 Å². The molecule has 2 rings (SSSR count). The molecule has 0 radical (unpaired) electrons. The largest absolute Gasteiger partial charge is 0.383 e. The maximum atomic E-state index is 12.8. The number of carbonyl (C=O) groups is 1. The molecular formula is C16H24N2O2. The summed E-state index contributed by atoms with van der Waals surface area (Å²) < 4.78 is 5.13. The van der Waals surface area contributed by atoms with E-state index in [9.17, 15) is 4.79 Å². The Bertz CT molecular complexity index is 444. The number of hydrogen-bond acceptors (Lipinski definition) is 3. The van der Waals surface area contributed by atoms with E-state index < -0.39 is 0 Å². The van der Waals surface area contributed by atoms with Crippen molar-refractivity contribution in [2.24, 2.45) is 0 Å². The van der Waals surface area contributed by atoms with Crippen LogP contribution in [0.1, 0.15) is 28.8 Å². The van der Waals surface area contributed by atoms with E-state index in [1.54, 1.807) is 7.11 Å². The van der Waals surface area contributed by atoms with Gasteiger partial charge in [0.1, 0.15) is 0 Å². The van der Waals surface area contributed by atoms with Gasteiger partial charge in [-0.2, -0.15) is 0 Å². The maximum absolute atomic E-state index is 12.8. The Kier molecular flexibility index (Phi) is 5.56. The Morgan fingerprint density at radius 3 is 2.80 bits per heavy atom. The summed E-state index contributed by atoms with van der Waals surface area (Å²) >= 11 is 0. The molecule has 0 bridgehead atoms. The van der Waals surface area contributed by atoms with E-state index in [1.165, 1.54) is 0 Å². The van der Waals surface area contributed by atoms with Gasteiger partial charge >= 0.3 is 0 Å². The van der Waals surface area contributed by atoms with Crippen molar-refractivity contribution in [1.29, 1.82) is 0 Å².